The molecule has 1 atom stereocenters. The highest BCUT2D eigenvalue weighted by Crippen LogP contribution is 2.18. The van der Waals surface area contributed by atoms with Crippen LogP contribution >= 0.6 is 0 Å². The van der Waals surface area contributed by atoms with Gasteiger partial charge < -0.3 is 14.8 Å². The number of nitrogens with zero attached hydrogens (tertiary/aromatic N) is 1. The Bertz CT molecular complexity index is 434. The molecule has 0 aromatic heterocycles. The second-order valence-electron chi connectivity index (χ2n) is 4.51. The summed E-state index contributed by atoms with van der Waals surface area (Å²) in [6, 6.07) is 7.84. The quantitative estimate of drug-likeness (QED) is 0.859. The molecule has 0 spiro atoms. The molecule has 1 aromatic carbocycles. The summed E-state index contributed by atoms with van der Waals surface area (Å²) in [5.74, 6) is 1.25. The molecule has 0 radical (unpaired) electrons. The van der Waals surface area contributed by atoms with E-state index in [4.69, 9.17) is 14.7 Å². The molecule has 4 nitrogen and oxygen atoms in total. The fraction of sp³-hybridized carbons (Fsp3) is 0.500. The second kappa shape index (κ2) is 6.39. The van der Waals surface area contributed by atoms with Crippen LogP contribution in [0.4, 0.5) is 0 Å². The summed E-state index contributed by atoms with van der Waals surface area (Å²) in [5.41, 5.74) is 1.69. The zero-order chi connectivity index (χ0) is 12.8. The Kier molecular flexibility index (Phi) is 4.57. The lowest BCUT2D eigenvalue weighted by atomic mass is 10.1. The average molecular weight is 246 g/mol. The lowest BCUT2D eigenvalue weighted by Gasteiger charge is -2.10. The molecule has 1 aromatic rings. The molecule has 0 bridgehead atoms. The van der Waals surface area contributed by atoms with E-state index in [0.717, 1.165) is 38.3 Å². The van der Waals surface area contributed by atoms with Crippen LogP contribution in [0.1, 0.15) is 17.5 Å². The molecule has 1 heterocycles. The molecular formula is C14H18N2O2. The zero-order valence-corrected chi connectivity index (χ0v) is 10.6. The fourth-order valence-electron chi connectivity index (χ4n) is 2.12. The Labute approximate surface area is 108 Å². The Hall–Kier alpha value is -1.57. The first kappa shape index (κ1) is 12.9. The van der Waals surface area contributed by atoms with E-state index in [9.17, 15) is 0 Å². The van der Waals surface area contributed by atoms with Crippen molar-refractivity contribution in [1.82, 2.24) is 5.32 Å². The first-order valence-corrected chi connectivity index (χ1v) is 6.19. The van der Waals surface area contributed by atoms with Crippen LogP contribution in [0.5, 0.6) is 5.75 Å². The lowest BCUT2D eigenvalue weighted by molar-refractivity contribution is 0.185. The number of nitriles is 1. The third kappa shape index (κ3) is 3.22. The number of benzene rings is 1. The molecule has 96 valence electrons. The van der Waals surface area contributed by atoms with Crippen molar-refractivity contribution in [3.63, 3.8) is 0 Å². The monoisotopic (exact) mass is 246 g/mol. The SMILES string of the molecule is COc1ccc(CNCC2CCOC2)cc1C#N. The van der Waals surface area contributed by atoms with Gasteiger partial charge in [0.1, 0.15) is 11.8 Å². The van der Waals surface area contributed by atoms with Crippen molar-refractivity contribution in [2.75, 3.05) is 26.9 Å². The standard InChI is InChI=1S/C14H18N2O2/c1-17-14-3-2-11(6-13(14)7-15)8-16-9-12-4-5-18-10-12/h2-3,6,12,16H,4-5,8-10H2,1H3. The average Bonchev–Trinajstić information content (AvgIpc) is 2.91. The minimum Gasteiger partial charge on any atom is -0.495 e. The minimum atomic E-state index is 0.584. The van der Waals surface area contributed by atoms with E-state index in [0.29, 0.717) is 17.2 Å². The summed E-state index contributed by atoms with van der Waals surface area (Å²) in [4.78, 5) is 0. The third-order valence-corrected chi connectivity index (χ3v) is 3.17. The van der Waals surface area contributed by atoms with Crippen LogP contribution in [0.15, 0.2) is 18.2 Å². The van der Waals surface area contributed by atoms with Crippen LogP contribution in [0, 0.1) is 17.2 Å². The number of hydrogen-bond acceptors (Lipinski definition) is 4. The Morgan fingerprint density at radius 2 is 2.44 bits per heavy atom. The van der Waals surface area contributed by atoms with Crippen LogP contribution in [-0.4, -0.2) is 26.9 Å². The van der Waals surface area contributed by atoms with Gasteiger partial charge in [-0.1, -0.05) is 6.07 Å². The van der Waals surface area contributed by atoms with E-state index in [2.05, 4.69) is 11.4 Å². The number of hydrogen-bond donors (Lipinski definition) is 1. The fourth-order valence-corrected chi connectivity index (χ4v) is 2.12. The maximum absolute atomic E-state index is 9.01. The van der Waals surface area contributed by atoms with Crippen molar-refractivity contribution >= 4 is 0 Å². The minimum absolute atomic E-state index is 0.584. The van der Waals surface area contributed by atoms with Gasteiger partial charge in [0.05, 0.1) is 19.3 Å². The Morgan fingerprint density at radius 3 is 3.11 bits per heavy atom. The lowest BCUT2D eigenvalue weighted by Crippen LogP contribution is -2.22. The predicted molar refractivity (Wildman–Crippen MR) is 68.3 cm³/mol. The normalized spacial score (nSPS) is 18.6. The largest absolute Gasteiger partial charge is 0.495 e. The van der Waals surface area contributed by atoms with Gasteiger partial charge in [-0.25, -0.2) is 0 Å². The van der Waals surface area contributed by atoms with Gasteiger partial charge in [0.15, 0.2) is 0 Å². The number of rotatable bonds is 5. The topological polar surface area (TPSA) is 54.3 Å². The van der Waals surface area contributed by atoms with E-state index in [1.54, 1.807) is 7.11 Å². The molecule has 0 saturated carbocycles. The maximum Gasteiger partial charge on any atom is 0.136 e. The van der Waals surface area contributed by atoms with Gasteiger partial charge in [0.2, 0.25) is 0 Å². The van der Waals surface area contributed by atoms with Crippen LogP contribution in [-0.2, 0) is 11.3 Å². The van der Waals surface area contributed by atoms with E-state index < -0.39 is 0 Å². The summed E-state index contributed by atoms with van der Waals surface area (Å²) >= 11 is 0. The van der Waals surface area contributed by atoms with Gasteiger partial charge in [-0.15, -0.1) is 0 Å². The van der Waals surface area contributed by atoms with Crippen molar-refractivity contribution in [2.24, 2.45) is 5.92 Å². The molecule has 4 heteroatoms. The maximum atomic E-state index is 9.01. The number of nitrogens with one attached hydrogen (secondary N) is 1. The molecule has 0 aliphatic carbocycles. The molecule has 1 fully saturated rings. The van der Waals surface area contributed by atoms with Gasteiger partial charge in [-0.3, -0.25) is 0 Å². The Balaban J connectivity index is 1.87. The molecule has 1 unspecified atom stereocenters. The van der Waals surface area contributed by atoms with Crippen molar-refractivity contribution in [1.29, 1.82) is 5.26 Å². The molecule has 1 aliphatic rings. The molecule has 2 rings (SSSR count). The predicted octanol–water partition coefficient (Wildman–Crippen LogP) is 1.69. The summed E-state index contributed by atoms with van der Waals surface area (Å²) < 4.78 is 10.4. The van der Waals surface area contributed by atoms with Crippen LogP contribution in [0.25, 0.3) is 0 Å². The van der Waals surface area contributed by atoms with Gasteiger partial charge in [-0.2, -0.15) is 5.26 Å². The van der Waals surface area contributed by atoms with Crippen molar-refractivity contribution in [3.8, 4) is 11.8 Å². The Morgan fingerprint density at radius 1 is 1.56 bits per heavy atom. The number of methoxy groups -OCH3 is 1. The summed E-state index contributed by atoms with van der Waals surface area (Å²) in [6.07, 6.45) is 1.14. The number of ether oxygens (including phenoxy) is 2. The smallest absolute Gasteiger partial charge is 0.136 e. The highest BCUT2D eigenvalue weighted by molar-refractivity contribution is 5.45. The molecule has 0 amide bonds. The van der Waals surface area contributed by atoms with Crippen molar-refractivity contribution < 1.29 is 9.47 Å². The molecule has 1 saturated heterocycles. The summed E-state index contributed by atoms with van der Waals surface area (Å²) in [5, 5.41) is 12.4. The highest BCUT2D eigenvalue weighted by atomic mass is 16.5. The van der Waals surface area contributed by atoms with Gasteiger partial charge in [0.25, 0.3) is 0 Å². The van der Waals surface area contributed by atoms with E-state index in [1.165, 1.54) is 0 Å². The van der Waals surface area contributed by atoms with Crippen molar-refractivity contribution in [2.45, 2.75) is 13.0 Å². The van der Waals surface area contributed by atoms with E-state index >= 15 is 0 Å². The first-order valence-electron chi connectivity index (χ1n) is 6.19. The summed E-state index contributed by atoms with van der Waals surface area (Å²) in [7, 11) is 1.58. The molecular weight excluding hydrogens is 228 g/mol. The van der Waals surface area contributed by atoms with Gasteiger partial charge in [-0.05, 0) is 30.0 Å². The van der Waals surface area contributed by atoms with E-state index in [1.807, 2.05) is 18.2 Å². The first-order chi connectivity index (χ1) is 8.83. The summed E-state index contributed by atoms with van der Waals surface area (Å²) in [6.45, 7) is 3.48. The molecule has 18 heavy (non-hydrogen) atoms. The molecule has 1 N–H and O–H groups in total. The second-order valence-corrected chi connectivity index (χ2v) is 4.51. The van der Waals surface area contributed by atoms with Crippen molar-refractivity contribution in [3.05, 3.63) is 29.3 Å². The van der Waals surface area contributed by atoms with Crippen LogP contribution in [0.2, 0.25) is 0 Å². The molecule has 1 aliphatic heterocycles. The zero-order valence-electron chi connectivity index (χ0n) is 10.6. The van der Waals surface area contributed by atoms with Gasteiger partial charge in [0, 0.05) is 19.7 Å². The van der Waals surface area contributed by atoms with E-state index in [-0.39, 0.29) is 0 Å². The van der Waals surface area contributed by atoms with Crippen LogP contribution in [0.3, 0.4) is 0 Å². The van der Waals surface area contributed by atoms with Gasteiger partial charge >= 0.3 is 0 Å². The highest BCUT2D eigenvalue weighted by Gasteiger charge is 2.14. The third-order valence-electron chi connectivity index (χ3n) is 3.17. The van der Waals surface area contributed by atoms with Crippen LogP contribution < -0.4 is 10.1 Å².